The van der Waals surface area contributed by atoms with Crippen LogP contribution in [0.25, 0.3) is 0 Å². The molecule has 0 aromatic heterocycles. The van der Waals surface area contributed by atoms with Crippen molar-refractivity contribution in [1.82, 2.24) is 10.2 Å². The van der Waals surface area contributed by atoms with Crippen molar-refractivity contribution in [1.29, 1.82) is 0 Å². The van der Waals surface area contributed by atoms with Crippen molar-refractivity contribution >= 4 is 60.7 Å². The lowest BCUT2D eigenvalue weighted by Gasteiger charge is -2.34. The molecule has 11 nitrogen and oxygen atoms in total. The molecule has 0 fully saturated rings. The third kappa shape index (κ3) is 9.40. The number of nitrogens with one attached hydrogen (secondary N) is 1. The normalized spacial score (nSPS) is 12.4. The molecule has 264 valence electrons. The van der Waals surface area contributed by atoms with Gasteiger partial charge in [0, 0.05) is 40.1 Å². The number of nitrogens with zero attached hydrogens (tertiary/aromatic N) is 3. The summed E-state index contributed by atoms with van der Waals surface area (Å²) < 4.78 is 36.0. The van der Waals surface area contributed by atoms with Crippen LogP contribution < -0.4 is 14.4 Å². The number of rotatable bonds is 15. The van der Waals surface area contributed by atoms with E-state index in [-0.39, 0.29) is 41.0 Å². The summed E-state index contributed by atoms with van der Waals surface area (Å²) in [4.78, 5) is 40.8. The highest BCUT2D eigenvalue weighted by molar-refractivity contribution is 9.10. The second-order valence-electron chi connectivity index (χ2n) is 11.7. The fourth-order valence-corrected chi connectivity index (χ4v) is 7.32. The standard InChI is InChI=1S/C36H38BrClN4O7S/c1-5-25(3)39-36(44)33(19-26-10-7-6-8-11-26)40(22-27-12-9-13-28(37)18-27)35(43)23-41(32-20-29(38)15-17-34(32)49-4)50(47,48)30-16-14-24(2)31(21-30)42(45)46/h6-18,20-21,25,33H,5,19,22-23H2,1-4H3,(H,39,44)/t25-,33-/m0/s1. The van der Waals surface area contributed by atoms with Crippen LogP contribution in [0.15, 0.2) is 100 Å². The Balaban J connectivity index is 1.90. The largest absolute Gasteiger partial charge is 0.495 e. The van der Waals surface area contributed by atoms with Gasteiger partial charge in [-0.3, -0.25) is 24.0 Å². The van der Waals surface area contributed by atoms with Gasteiger partial charge in [0.05, 0.1) is 22.6 Å². The third-order valence-corrected chi connectivity index (χ3v) is 10.7. The van der Waals surface area contributed by atoms with E-state index in [4.69, 9.17) is 16.3 Å². The zero-order chi connectivity index (χ0) is 36.6. The number of nitro groups is 1. The van der Waals surface area contributed by atoms with Gasteiger partial charge in [0.15, 0.2) is 0 Å². The van der Waals surface area contributed by atoms with E-state index in [1.54, 1.807) is 12.1 Å². The lowest BCUT2D eigenvalue weighted by Crippen LogP contribution is -2.54. The van der Waals surface area contributed by atoms with Gasteiger partial charge in [-0.2, -0.15) is 0 Å². The molecule has 14 heteroatoms. The van der Waals surface area contributed by atoms with Crippen LogP contribution in [0.4, 0.5) is 11.4 Å². The van der Waals surface area contributed by atoms with Crippen LogP contribution in [0.2, 0.25) is 5.02 Å². The fourth-order valence-electron chi connectivity index (χ4n) is 5.27. The van der Waals surface area contributed by atoms with Gasteiger partial charge in [-0.25, -0.2) is 8.42 Å². The van der Waals surface area contributed by atoms with Gasteiger partial charge in [-0.15, -0.1) is 0 Å². The van der Waals surface area contributed by atoms with Crippen molar-refractivity contribution in [3.05, 3.63) is 127 Å². The van der Waals surface area contributed by atoms with E-state index in [0.29, 0.717) is 12.0 Å². The highest BCUT2D eigenvalue weighted by Crippen LogP contribution is 2.36. The Bertz CT molecular complexity index is 1960. The minimum atomic E-state index is -4.68. The molecule has 0 unspecified atom stereocenters. The Morgan fingerprint density at radius 1 is 1.00 bits per heavy atom. The first-order valence-corrected chi connectivity index (χ1v) is 18.4. The molecule has 2 atom stereocenters. The van der Waals surface area contributed by atoms with Gasteiger partial charge in [0.2, 0.25) is 11.8 Å². The van der Waals surface area contributed by atoms with E-state index in [9.17, 15) is 28.1 Å². The number of carbonyl (C=O) groups excluding carboxylic acids is 2. The van der Waals surface area contributed by atoms with Gasteiger partial charge in [-0.1, -0.05) is 83.0 Å². The van der Waals surface area contributed by atoms with Crippen molar-refractivity contribution < 1.29 is 27.7 Å². The monoisotopic (exact) mass is 784 g/mol. The maximum Gasteiger partial charge on any atom is 0.273 e. The number of anilines is 1. The number of aryl methyl sites for hydroxylation is 1. The Kier molecular flexibility index (Phi) is 13.0. The molecule has 0 aliphatic rings. The zero-order valence-electron chi connectivity index (χ0n) is 28.0. The van der Waals surface area contributed by atoms with Gasteiger partial charge in [0.1, 0.15) is 18.3 Å². The Morgan fingerprint density at radius 3 is 2.34 bits per heavy atom. The molecule has 0 aliphatic carbocycles. The van der Waals surface area contributed by atoms with Crippen molar-refractivity contribution in [2.45, 2.75) is 57.1 Å². The molecule has 50 heavy (non-hydrogen) atoms. The molecule has 0 aliphatic heterocycles. The summed E-state index contributed by atoms with van der Waals surface area (Å²) in [5.74, 6) is -1.03. The van der Waals surface area contributed by atoms with Gasteiger partial charge in [-0.05, 0) is 67.8 Å². The number of hydrogen-bond acceptors (Lipinski definition) is 7. The second kappa shape index (κ2) is 17.0. The minimum absolute atomic E-state index is 0.0414. The highest BCUT2D eigenvalue weighted by Gasteiger charge is 2.36. The summed E-state index contributed by atoms with van der Waals surface area (Å²) in [6, 6.07) is 23.0. The van der Waals surface area contributed by atoms with Gasteiger partial charge < -0.3 is 15.0 Å². The number of carbonyl (C=O) groups is 2. The van der Waals surface area contributed by atoms with E-state index in [1.165, 1.54) is 49.3 Å². The van der Waals surface area contributed by atoms with Crippen molar-refractivity contribution in [2.24, 2.45) is 0 Å². The van der Waals surface area contributed by atoms with Crippen molar-refractivity contribution in [2.75, 3.05) is 18.0 Å². The van der Waals surface area contributed by atoms with Crippen LogP contribution in [0.3, 0.4) is 0 Å². The molecule has 0 bridgehead atoms. The molecule has 0 saturated heterocycles. The van der Waals surface area contributed by atoms with E-state index in [1.807, 2.05) is 56.3 Å². The molecule has 2 amide bonds. The molecule has 1 N–H and O–H groups in total. The van der Waals surface area contributed by atoms with Crippen LogP contribution in [-0.4, -0.2) is 55.8 Å². The average Bonchev–Trinajstić information content (AvgIpc) is 3.08. The summed E-state index contributed by atoms with van der Waals surface area (Å²) in [7, 11) is -3.34. The molecule has 4 aromatic rings. The third-order valence-electron chi connectivity index (χ3n) is 8.17. The van der Waals surface area contributed by atoms with E-state index >= 15 is 0 Å². The topological polar surface area (TPSA) is 139 Å². The summed E-state index contributed by atoms with van der Waals surface area (Å²) in [6.45, 7) is 4.44. The molecule has 4 rings (SSSR count). The number of benzene rings is 4. The van der Waals surface area contributed by atoms with Gasteiger partial charge in [0.25, 0.3) is 15.7 Å². The first kappa shape index (κ1) is 38.3. The van der Waals surface area contributed by atoms with Crippen LogP contribution in [0.5, 0.6) is 5.75 Å². The molecule has 0 heterocycles. The Morgan fingerprint density at radius 2 is 1.70 bits per heavy atom. The average molecular weight is 786 g/mol. The van der Waals surface area contributed by atoms with E-state index in [2.05, 4.69) is 21.2 Å². The molecular formula is C36H38BrClN4O7S. The first-order valence-electron chi connectivity index (χ1n) is 15.7. The number of halogens is 2. The summed E-state index contributed by atoms with van der Waals surface area (Å²) in [6.07, 6.45) is 0.785. The summed E-state index contributed by atoms with van der Waals surface area (Å²) in [5, 5.41) is 14.9. The predicted molar refractivity (Wildman–Crippen MR) is 197 cm³/mol. The predicted octanol–water partition coefficient (Wildman–Crippen LogP) is 7.08. The summed E-state index contributed by atoms with van der Waals surface area (Å²) >= 11 is 9.82. The number of methoxy groups -OCH3 is 1. The Labute approximate surface area is 305 Å². The number of ether oxygens (including phenoxy) is 1. The van der Waals surface area contributed by atoms with Crippen LogP contribution in [-0.2, 0) is 32.6 Å². The number of nitro benzene ring substituents is 1. The molecular weight excluding hydrogens is 748 g/mol. The number of hydrogen-bond donors (Lipinski definition) is 1. The number of amides is 2. The maximum absolute atomic E-state index is 14.7. The minimum Gasteiger partial charge on any atom is -0.495 e. The van der Waals surface area contributed by atoms with Crippen molar-refractivity contribution in [3.63, 3.8) is 0 Å². The summed E-state index contributed by atoms with van der Waals surface area (Å²) in [5.41, 5.74) is 1.26. The lowest BCUT2D eigenvalue weighted by molar-refractivity contribution is -0.385. The first-order chi connectivity index (χ1) is 23.7. The van der Waals surface area contributed by atoms with Crippen molar-refractivity contribution in [3.8, 4) is 5.75 Å². The quantitative estimate of drug-likeness (QED) is 0.100. The Hall–Kier alpha value is -4.46. The SMILES string of the molecule is CC[C@H](C)NC(=O)[C@H](Cc1ccccc1)N(Cc1cccc(Br)c1)C(=O)CN(c1cc(Cl)ccc1OC)S(=O)(=O)c1ccc(C)c([N+](=O)[O-])c1. The lowest BCUT2D eigenvalue weighted by atomic mass is 10.0. The van der Waals surface area contributed by atoms with Crippen LogP contribution >= 0.6 is 27.5 Å². The van der Waals surface area contributed by atoms with E-state index < -0.39 is 49.9 Å². The zero-order valence-corrected chi connectivity index (χ0v) is 31.2. The molecule has 0 spiro atoms. The molecule has 0 radical (unpaired) electrons. The smallest absolute Gasteiger partial charge is 0.273 e. The second-order valence-corrected chi connectivity index (χ2v) is 14.9. The maximum atomic E-state index is 14.7. The van der Waals surface area contributed by atoms with Crippen LogP contribution in [0.1, 0.15) is 37.0 Å². The molecule has 0 saturated carbocycles. The molecule has 4 aromatic carbocycles. The van der Waals surface area contributed by atoms with E-state index in [0.717, 1.165) is 20.4 Å². The van der Waals surface area contributed by atoms with Crippen LogP contribution in [0, 0.1) is 17.0 Å². The fraction of sp³-hybridized carbons (Fsp3) is 0.278. The van der Waals surface area contributed by atoms with Gasteiger partial charge >= 0.3 is 0 Å². The number of sulfonamides is 1. The highest BCUT2D eigenvalue weighted by atomic mass is 79.9.